The summed E-state index contributed by atoms with van der Waals surface area (Å²) in [6.45, 7) is 29.8. The first-order chi connectivity index (χ1) is 51.9. The summed E-state index contributed by atoms with van der Waals surface area (Å²) >= 11 is 0. The molecule has 0 fully saturated rings. The third-order valence-corrected chi connectivity index (χ3v) is 19.8. The van der Waals surface area contributed by atoms with Crippen LogP contribution in [0.15, 0.2) is 146 Å². The molecule has 0 bridgehead atoms. The van der Waals surface area contributed by atoms with Gasteiger partial charge in [-0.1, -0.05) is 54.7 Å². The summed E-state index contributed by atoms with van der Waals surface area (Å²) in [6, 6.07) is 21.5. The molecule has 0 spiro atoms. The van der Waals surface area contributed by atoms with Crippen LogP contribution in [-0.2, 0) is 0 Å². The Kier molecular flexibility index (Phi) is 22.6. The van der Waals surface area contributed by atoms with Crippen LogP contribution in [0.3, 0.4) is 0 Å². The maximum Gasteiger partial charge on any atom is 0.229 e. The van der Waals surface area contributed by atoms with Gasteiger partial charge in [0.25, 0.3) is 0 Å². The van der Waals surface area contributed by atoms with E-state index < -0.39 is 34.9 Å². The molecule has 9 aromatic heterocycles. The number of halogens is 6. The lowest BCUT2D eigenvalue weighted by atomic mass is 10.1. The van der Waals surface area contributed by atoms with Gasteiger partial charge in [-0.2, -0.15) is 0 Å². The highest BCUT2D eigenvalue weighted by atomic mass is 19.1. The number of benzene rings is 3. The Labute approximate surface area is 623 Å². The van der Waals surface area contributed by atoms with Gasteiger partial charge in [-0.25, -0.2) is 86.2 Å². The van der Waals surface area contributed by atoms with E-state index in [0.717, 1.165) is 93.8 Å². The number of hydrogen-bond acceptors (Lipinski definition) is 18. The minimum absolute atomic E-state index is 0.00542. The average Bonchev–Trinajstić information content (AvgIpc) is 1.64. The fourth-order valence-electron chi connectivity index (χ4n) is 14.3. The van der Waals surface area contributed by atoms with Crippen LogP contribution in [0.5, 0.6) is 0 Å². The second kappa shape index (κ2) is 32.5. The van der Waals surface area contributed by atoms with Crippen molar-refractivity contribution in [3.8, 4) is 33.8 Å². The van der Waals surface area contributed by atoms with Gasteiger partial charge in [0.05, 0.1) is 35.1 Å². The molecule has 21 nitrogen and oxygen atoms in total. The number of fused-ring (bicyclic) bond motifs is 3. The van der Waals surface area contributed by atoms with E-state index in [1.807, 2.05) is 131 Å². The highest BCUT2D eigenvalue weighted by Gasteiger charge is 2.25. The number of rotatable bonds is 18. The lowest BCUT2D eigenvalue weighted by Gasteiger charge is -2.29. The number of nitrogens with zero attached hydrogens (tertiary/aromatic N) is 18. The van der Waals surface area contributed by atoms with Gasteiger partial charge in [-0.3, -0.25) is 14.7 Å². The minimum atomic E-state index is -0.639. The van der Waals surface area contributed by atoms with Crippen molar-refractivity contribution in [2.45, 2.75) is 139 Å². The zero-order chi connectivity index (χ0) is 76.2. The van der Waals surface area contributed by atoms with Crippen LogP contribution in [0.25, 0.3) is 66.9 Å². The van der Waals surface area contributed by atoms with Gasteiger partial charge in [-0.05, 0) is 174 Å². The van der Waals surface area contributed by atoms with E-state index in [9.17, 15) is 26.3 Å². The van der Waals surface area contributed by atoms with Gasteiger partial charge in [-0.15, -0.1) is 0 Å². The molecular formula is C81H87F6N21. The maximum absolute atomic E-state index is 14.9. The first-order valence-corrected chi connectivity index (χ1v) is 36.4. The van der Waals surface area contributed by atoms with Crippen molar-refractivity contribution in [2.75, 3.05) is 55.2 Å². The Morgan fingerprint density at radius 3 is 0.833 bits per heavy atom. The number of nitrogens with one attached hydrogen (secondary N) is 3. The Morgan fingerprint density at radius 2 is 0.602 bits per heavy atom. The largest absolute Gasteiger partial charge is 0.326 e. The molecule has 3 N–H and O–H groups in total. The molecule has 12 heterocycles. The lowest BCUT2D eigenvalue weighted by molar-refractivity contribution is 0.230. The molecule has 1 unspecified atom stereocenters. The Bertz CT molecular complexity index is 4800. The maximum atomic E-state index is 14.9. The number of aromatic nitrogens is 15. The molecule has 15 rings (SSSR count). The van der Waals surface area contributed by atoms with Gasteiger partial charge >= 0.3 is 0 Å². The van der Waals surface area contributed by atoms with Gasteiger partial charge < -0.3 is 29.7 Å². The molecular weight excluding hydrogens is 1380 g/mol. The van der Waals surface area contributed by atoms with Crippen molar-refractivity contribution < 1.29 is 26.3 Å². The fraction of sp³-hybridized carbons (Fsp3) is 0.333. The monoisotopic (exact) mass is 1470 g/mol. The molecule has 0 aliphatic carbocycles. The molecule has 558 valence electrons. The number of imidazole rings is 3. The second-order valence-electron chi connectivity index (χ2n) is 28.1. The lowest BCUT2D eigenvalue weighted by Crippen LogP contribution is -2.30. The van der Waals surface area contributed by atoms with Gasteiger partial charge in [0, 0.05) is 111 Å². The Morgan fingerprint density at radius 1 is 0.324 bits per heavy atom. The summed E-state index contributed by atoms with van der Waals surface area (Å²) in [5, 5.41) is 9.11. The number of hydrogen-bond donors (Lipinski definition) is 3. The SMILES string of the molecule is Cc1nc2c(F)cc(-c3nc(Nc4ccc(C(C)N5CC=CCC5)cn4)ncc3F)cc2n1C(C)C.Cc1nc2c(F)cc(-c3nc(Nc4ccc([C@@H](C)N5CC=CCC5)cn4)ncc3F)cc2n1C(C)C.Cc1nc2c(F)cc(-c3nc(Nc4ccc([C@H](C)N5CC=CCC5)cn4)ncc3F)cc2n1C(C)C. The van der Waals surface area contributed by atoms with Crippen LogP contribution in [0, 0.1) is 55.7 Å². The van der Waals surface area contributed by atoms with Crippen molar-refractivity contribution in [3.05, 3.63) is 216 Å². The predicted molar refractivity (Wildman–Crippen MR) is 411 cm³/mol. The molecule has 27 heteroatoms. The van der Waals surface area contributed by atoms with Crippen LogP contribution >= 0.6 is 0 Å². The van der Waals surface area contributed by atoms with Gasteiger partial charge in [0.1, 0.15) is 68.6 Å². The van der Waals surface area contributed by atoms with Crippen LogP contribution in [0.4, 0.5) is 61.6 Å². The minimum Gasteiger partial charge on any atom is -0.326 e. The summed E-state index contributed by atoms with van der Waals surface area (Å²) in [4.78, 5) is 59.0. The third kappa shape index (κ3) is 16.4. The molecule has 0 radical (unpaired) electrons. The van der Waals surface area contributed by atoms with Gasteiger partial charge in [0.15, 0.2) is 34.9 Å². The van der Waals surface area contributed by atoms with Crippen LogP contribution in [0.2, 0.25) is 0 Å². The topological polar surface area (TPSA) is 215 Å². The van der Waals surface area contributed by atoms with Crippen LogP contribution < -0.4 is 16.0 Å². The number of aryl methyl sites for hydroxylation is 3. The summed E-state index contributed by atoms with van der Waals surface area (Å²) in [6.07, 6.45) is 25.1. The summed E-state index contributed by atoms with van der Waals surface area (Å²) in [7, 11) is 0. The average molecular weight is 1470 g/mol. The third-order valence-electron chi connectivity index (χ3n) is 19.8. The molecule has 0 saturated heterocycles. The molecule has 3 atom stereocenters. The smallest absolute Gasteiger partial charge is 0.229 e. The molecule has 3 aromatic carbocycles. The van der Waals surface area contributed by atoms with Crippen LogP contribution in [0.1, 0.15) is 152 Å². The van der Waals surface area contributed by atoms with E-state index in [2.05, 4.69) is 148 Å². The van der Waals surface area contributed by atoms with E-state index in [-0.39, 0.29) is 87.7 Å². The quantitative estimate of drug-likeness (QED) is 0.0538. The first-order valence-electron chi connectivity index (χ1n) is 36.4. The summed E-state index contributed by atoms with van der Waals surface area (Å²) in [5.41, 5.74) is 6.87. The molecule has 0 amide bonds. The highest BCUT2D eigenvalue weighted by molar-refractivity contribution is 5.85. The van der Waals surface area contributed by atoms with E-state index >= 15 is 0 Å². The summed E-state index contributed by atoms with van der Waals surface area (Å²) < 4.78 is 94.9. The standard InChI is InChI=1S/3C27H29F2N7/c3*1-16(2)36-18(4)32-26-21(28)12-20(13-23(26)36)25-22(29)15-31-27(34-25)33-24-9-8-19(14-30-24)17(3)35-10-6-5-7-11-35/h3*5-6,8-9,12-17H,7,10-11H2,1-4H3,(H,30,31,33,34)/t2*17-;/m10./s1. The van der Waals surface area contributed by atoms with Crippen molar-refractivity contribution >= 4 is 68.4 Å². The molecule has 108 heavy (non-hydrogen) atoms. The number of pyridine rings is 3. The molecule has 3 aliphatic heterocycles. The first kappa shape index (κ1) is 75.1. The summed E-state index contributed by atoms with van der Waals surface area (Å²) in [5.74, 6) is 0.755. The van der Waals surface area contributed by atoms with Crippen LogP contribution in [-0.4, -0.2) is 127 Å². The molecule has 12 aromatic rings. The van der Waals surface area contributed by atoms with E-state index in [1.54, 1.807) is 18.2 Å². The van der Waals surface area contributed by atoms with Crippen molar-refractivity contribution in [1.29, 1.82) is 0 Å². The van der Waals surface area contributed by atoms with Crippen molar-refractivity contribution in [3.63, 3.8) is 0 Å². The molecule has 3 aliphatic rings. The predicted octanol–water partition coefficient (Wildman–Crippen LogP) is 18.4. The van der Waals surface area contributed by atoms with E-state index in [4.69, 9.17) is 0 Å². The van der Waals surface area contributed by atoms with E-state index in [1.165, 1.54) is 18.2 Å². The van der Waals surface area contributed by atoms with Gasteiger partial charge in [0.2, 0.25) is 17.8 Å². The normalized spacial score (nSPS) is 15.1. The zero-order valence-electron chi connectivity index (χ0n) is 62.5. The Hall–Kier alpha value is -11.2. The zero-order valence-corrected chi connectivity index (χ0v) is 62.5. The fourth-order valence-corrected chi connectivity index (χ4v) is 14.3. The Balaban J connectivity index is 0.000000143. The van der Waals surface area contributed by atoms with Crippen molar-refractivity contribution in [2.24, 2.45) is 0 Å². The number of anilines is 6. The second-order valence-corrected chi connectivity index (χ2v) is 28.1. The van der Waals surface area contributed by atoms with Crippen molar-refractivity contribution in [1.82, 2.24) is 88.2 Å². The van der Waals surface area contributed by atoms with E-state index in [0.29, 0.717) is 68.2 Å². The highest BCUT2D eigenvalue weighted by Crippen LogP contribution is 2.36. The molecule has 0 saturated carbocycles.